The molecule has 0 fully saturated rings. The lowest BCUT2D eigenvalue weighted by atomic mass is 10.2. The number of aromatic hydroxyl groups is 1. The van der Waals surface area contributed by atoms with Gasteiger partial charge in [0.15, 0.2) is 5.75 Å². The molecule has 1 aromatic heterocycles. The molecule has 3 N–H and O–H groups in total. The first-order valence-electron chi connectivity index (χ1n) is 4.35. The van der Waals surface area contributed by atoms with E-state index < -0.39 is 0 Å². The Balaban J connectivity index is 2.70. The second-order valence-corrected chi connectivity index (χ2v) is 3.79. The maximum Gasteiger partial charge on any atom is 0.160 e. The zero-order chi connectivity index (χ0) is 10.1. The SMILES string of the molecule is CCOc1c(N)ccc2c(O)csc12. The molecule has 4 heteroatoms. The first-order chi connectivity index (χ1) is 6.74. The highest BCUT2D eigenvalue weighted by molar-refractivity contribution is 7.18. The fourth-order valence-corrected chi connectivity index (χ4v) is 2.31. The van der Waals surface area contributed by atoms with Crippen molar-refractivity contribution < 1.29 is 9.84 Å². The Labute approximate surface area is 85.7 Å². The third kappa shape index (κ3) is 1.28. The molecule has 0 spiro atoms. The molecule has 0 aliphatic carbocycles. The van der Waals surface area contributed by atoms with Crippen LogP contribution in [0.1, 0.15) is 6.92 Å². The van der Waals surface area contributed by atoms with Crippen LogP contribution in [-0.4, -0.2) is 11.7 Å². The van der Waals surface area contributed by atoms with Gasteiger partial charge in [0.1, 0.15) is 5.75 Å². The zero-order valence-corrected chi connectivity index (χ0v) is 8.60. The Hall–Kier alpha value is -1.42. The van der Waals surface area contributed by atoms with Crippen molar-refractivity contribution in [2.24, 2.45) is 0 Å². The van der Waals surface area contributed by atoms with E-state index in [0.717, 1.165) is 10.1 Å². The van der Waals surface area contributed by atoms with Gasteiger partial charge < -0.3 is 15.6 Å². The quantitative estimate of drug-likeness (QED) is 0.747. The summed E-state index contributed by atoms with van der Waals surface area (Å²) in [6.07, 6.45) is 0. The Morgan fingerprint density at radius 2 is 2.29 bits per heavy atom. The average Bonchev–Trinajstić information content (AvgIpc) is 2.53. The van der Waals surface area contributed by atoms with Gasteiger partial charge in [-0.05, 0) is 19.1 Å². The maximum atomic E-state index is 9.51. The van der Waals surface area contributed by atoms with Gasteiger partial charge in [-0.25, -0.2) is 0 Å². The molecule has 0 bridgehead atoms. The number of benzene rings is 1. The molecule has 0 saturated heterocycles. The summed E-state index contributed by atoms with van der Waals surface area (Å²) in [6, 6.07) is 3.55. The van der Waals surface area contributed by atoms with Gasteiger partial charge in [0, 0.05) is 10.8 Å². The van der Waals surface area contributed by atoms with Gasteiger partial charge in [0.25, 0.3) is 0 Å². The van der Waals surface area contributed by atoms with Crippen molar-refractivity contribution in [1.29, 1.82) is 0 Å². The lowest BCUT2D eigenvalue weighted by Crippen LogP contribution is -1.96. The van der Waals surface area contributed by atoms with E-state index in [9.17, 15) is 5.11 Å². The number of nitrogens with two attached hydrogens (primary N) is 1. The van der Waals surface area contributed by atoms with Gasteiger partial charge in [0.2, 0.25) is 0 Å². The van der Waals surface area contributed by atoms with Crippen molar-refractivity contribution in [3.05, 3.63) is 17.5 Å². The number of rotatable bonds is 2. The molecule has 2 rings (SSSR count). The average molecular weight is 209 g/mol. The first-order valence-corrected chi connectivity index (χ1v) is 5.23. The van der Waals surface area contributed by atoms with Crippen molar-refractivity contribution in [2.75, 3.05) is 12.3 Å². The van der Waals surface area contributed by atoms with E-state index in [1.807, 2.05) is 6.92 Å². The molecule has 0 amide bonds. The molecule has 0 unspecified atom stereocenters. The third-order valence-electron chi connectivity index (χ3n) is 2.00. The summed E-state index contributed by atoms with van der Waals surface area (Å²) in [6.45, 7) is 2.48. The summed E-state index contributed by atoms with van der Waals surface area (Å²) in [5, 5.41) is 12.0. The van der Waals surface area contributed by atoms with Crippen molar-refractivity contribution in [1.82, 2.24) is 0 Å². The third-order valence-corrected chi connectivity index (χ3v) is 2.98. The highest BCUT2D eigenvalue weighted by Crippen LogP contribution is 2.40. The van der Waals surface area contributed by atoms with Crippen molar-refractivity contribution in [3.63, 3.8) is 0 Å². The zero-order valence-electron chi connectivity index (χ0n) is 7.78. The van der Waals surface area contributed by atoms with E-state index in [4.69, 9.17) is 10.5 Å². The number of nitrogen functional groups attached to an aromatic ring is 1. The van der Waals surface area contributed by atoms with E-state index >= 15 is 0 Å². The van der Waals surface area contributed by atoms with Crippen molar-refractivity contribution in [2.45, 2.75) is 6.92 Å². The van der Waals surface area contributed by atoms with Gasteiger partial charge in [-0.1, -0.05) is 0 Å². The lowest BCUT2D eigenvalue weighted by molar-refractivity contribution is 0.346. The predicted molar refractivity (Wildman–Crippen MR) is 59.1 cm³/mol. The first kappa shape index (κ1) is 9.15. The number of hydrogen-bond donors (Lipinski definition) is 2. The fraction of sp³-hybridized carbons (Fsp3) is 0.200. The number of anilines is 1. The Bertz CT molecular complexity index is 464. The van der Waals surface area contributed by atoms with Gasteiger partial charge in [-0.15, -0.1) is 11.3 Å². The molecule has 74 valence electrons. The minimum Gasteiger partial charge on any atom is -0.506 e. The van der Waals surface area contributed by atoms with Crippen LogP contribution in [0.15, 0.2) is 17.5 Å². The molecule has 0 saturated carbocycles. The second-order valence-electron chi connectivity index (χ2n) is 2.91. The van der Waals surface area contributed by atoms with Crippen LogP contribution in [0, 0.1) is 0 Å². The number of ether oxygens (including phenoxy) is 1. The Morgan fingerprint density at radius 1 is 1.50 bits per heavy atom. The molecular formula is C10H11NO2S. The van der Waals surface area contributed by atoms with E-state index in [2.05, 4.69) is 0 Å². The molecule has 1 aromatic carbocycles. The highest BCUT2D eigenvalue weighted by atomic mass is 32.1. The smallest absolute Gasteiger partial charge is 0.160 e. The summed E-state index contributed by atoms with van der Waals surface area (Å²) >= 11 is 1.44. The second kappa shape index (κ2) is 3.38. The topological polar surface area (TPSA) is 55.5 Å². The minimum absolute atomic E-state index is 0.283. The van der Waals surface area contributed by atoms with E-state index in [0.29, 0.717) is 18.0 Å². The van der Waals surface area contributed by atoms with Crippen LogP contribution in [-0.2, 0) is 0 Å². The molecule has 2 aromatic rings. The molecule has 14 heavy (non-hydrogen) atoms. The molecular weight excluding hydrogens is 198 g/mol. The number of fused-ring (bicyclic) bond motifs is 1. The van der Waals surface area contributed by atoms with Crippen LogP contribution in [0.4, 0.5) is 5.69 Å². The molecule has 0 atom stereocenters. The molecule has 0 radical (unpaired) electrons. The van der Waals surface area contributed by atoms with E-state index in [1.165, 1.54) is 11.3 Å². The number of hydrogen-bond acceptors (Lipinski definition) is 4. The summed E-state index contributed by atoms with van der Waals surface area (Å²) in [5.41, 5.74) is 6.39. The molecule has 0 aliphatic rings. The van der Waals surface area contributed by atoms with Crippen molar-refractivity contribution in [3.8, 4) is 11.5 Å². The lowest BCUT2D eigenvalue weighted by Gasteiger charge is -2.07. The van der Waals surface area contributed by atoms with E-state index in [1.54, 1.807) is 17.5 Å². The van der Waals surface area contributed by atoms with Crippen LogP contribution >= 0.6 is 11.3 Å². The van der Waals surface area contributed by atoms with Gasteiger partial charge in [0.05, 0.1) is 17.0 Å². The Kier molecular flexibility index (Phi) is 2.21. The summed E-state index contributed by atoms with van der Waals surface area (Å²) < 4.78 is 6.34. The molecule has 0 aliphatic heterocycles. The highest BCUT2D eigenvalue weighted by Gasteiger charge is 2.10. The summed E-state index contributed by atoms with van der Waals surface area (Å²) in [5.74, 6) is 0.959. The normalized spacial score (nSPS) is 10.6. The minimum atomic E-state index is 0.283. The van der Waals surface area contributed by atoms with Crippen LogP contribution in [0.25, 0.3) is 10.1 Å². The maximum absolute atomic E-state index is 9.51. The molecule has 3 nitrogen and oxygen atoms in total. The van der Waals surface area contributed by atoms with Crippen LogP contribution in [0.3, 0.4) is 0 Å². The van der Waals surface area contributed by atoms with E-state index in [-0.39, 0.29) is 5.75 Å². The monoisotopic (exact) mass is 209 g/mol. The fourth-order valence-electron chi connectivity index (χ4n) is 1.37. The predicted octanol–water partition coefficient (Wildman–Crippen LogP) is 2.59. The van der Waals surface area contributed by atoms with Crippen LogP contribution < -0.4 is 10.5 Å². The van der Waals surface area contributed by atoms with Gasteiger partial charge in [-0.3, -0.25) is 0 Å². The summed E-state index contributed by atoms with van der Waals surface area (Å²) in [4.78, 5) is 0. The molecule has 1 heterocycles. The van der Waals surface area contributed by atoms with Gasteiger partial charge in [-0.2, -0.15) is 0 Å². The summed E-state index contributed by atoms with van der Waals surface area (Å²) in [7, 11) is 0. The Morgan fingerprint density at radius 3 is 3.00 bits per heavy atom. The number of thiophene rings is 1. The van der Waals surface area contributed by atoms with Gasteiger partial charge >= 0.3 is 0 Å². The van der Waals surface area contributed by atoms with Crippen LogP contribution in [0.2, 0.25) is 0 Å². The van der Waals surface area contributed by atoms with Crippen molar-refractivity contribution >= 4 is 27.1 Å². The van der Waals surface area contributed by atoms with Crippen LogP contribution in [0.5, 0.6) is 11.5 Å². The standard InChI is InChI=1S/C10H11NO2S/c1-2-13-9-7(11)4-3-6-8(12)5-14-10(6)9/h3-5,12H,2,11H2,1H3. The largest absolute Gasteiger partial charge is 0.506 e.